The molecule has 0 radical (unpaired) electrons. The summed E-state index contributed by atoms with van der Waals surface area (Å²) in [5.41, 5.74) is 4.22. The molecule has 0 aromatic heterocycles. The first-order valence-electron chi connectivity index (χ1n) is 5.21. The molecule has 0 bridgehead atoms. The Morgan fingerprint density at radius 3 is 2.86 bits per heavy atom. The Bertz CT molecular complexity index is 377. The normalized spacial score (nSPS) is 18.6. The Morgan fingerprint density at radius 1 is 1.36 bits per heavy atom. The van der Waals surface area contributed by atoms with Gasteiger partial charge in [-0.3, -0.25) is 0 Å². The second kappa shape index (κ2) is 3.90. The van der Waals surface area contributed by atoms with Crippen molar-refractivity contribution < 1.29 is 0 Å². The summed E-state index contributed by atoms with van der Waals surface area (Å²) in [4.78, 5) is 0. The van der Waals surface area contributed by atoms with Gasteiger partial charge in [0.15, 0.2) is 0 Å². The molecule has 0 N–H and O–H groups in total. The van der Waals surface area contributed by atoms with Crippen molar-refractivity contribution in [3.05, 3.63) is 39.4 Å². The van der Waals surface area contributed by atoms with E-state index in [1.54, 1.807) is 0 Å². The second-order valence-corrected chi connectivity index (χ2v) is 4.75. The zero-order valence-corrected chi connectivity index (χ0v) is 10.3. The van der Waals surface area contributed by atoms with Crippen LogP contribution in [0.5, 0.6) is 0 Å². The molecule has 0 heterocycles. The largest absolute Gasteiger partial charge is 0.0763 e. The van der Waals surface area contributed by atoms with Crippen molar-refractivity contribution in [1.82, 2.24) is 0 Å². The number of allylic oxidation sites excluding steroid dienone is 1. The zero-order chi connectivity index (χ0) is 10.1. The van der Waals surface area contributed by atoms with E-state index in [0.717, 1.165) is 0 Å². The number of halogens is 1. The summed E-state index contributed by atoms with van der Waals surface area (Å²) in [6.07, 6.45) is 7.08. The number of aryl methyl sites for hydroxylation is 1. The highest BCUT2D eigenvalue weighted by atomic mass is 79.9. The standard InChI is InChI=1S/C13H15Br/c1-3-4-10-7-8-11-6-5-9(2)13(14)12(10)11/h5-8,10H,3-4H2,1-2H3. The van der Waals surface area contributed by atoms with Gasteiger partial charge in [0.2, 0.25) is 0 Å². The molecule has 1 aromatic rings. The molecule has 0 saturated carbocycles. The lowest BCUT2D eigenvalue weighted by molar-refractivity contribution is 0.722. The third kappa shape index (κ3) is 1.54. The topological polar surface area (TPSA) is 0 Å². The number of rotatable bonds is 2. The molecule has 2 rings (SSSR count). The predicted molar refractivity (Wildman–Crippen MR) is 65.6 cm³/mol. The first-order valence-corrected chi connectivity index (χ1v) is 6.00. The highest BCUT2D eigenvalue weighted by molar-refractivity contribution is 9.10. The first-order chi connectivity index (χ1) is 6.74. The molecule has 74 valence electrons. The molecule has 0 fully saturated rings. The van der Waals surface area contributed by atoms with Crippen molar-refractivity contribution in [2.75, 3.05) is 0 Å². The van der Waals surface area contributed by atoms with E-state index in [0.29, 0.717) is 5.92 Å². The smallest absolute Gasteiger partial charge is 0.0248 e. The third-order valence-electron chi connectivity index (χ3n) is 2.89. The summed E-state index contributed by atoms with van der Waals surface area (Å²) in [7, 11) is 0. The van der Waals surface area contributed by atoms with Gasteiger partial charge >= 0.3 is 0 Å². The molecule has 1 atom stereocenters. The first kappa shape index (κ1) is 9.97. The van der Waals surface area contributed by atoms with Gasteiger partial charge in [0.05, 0.1) is 0 Å². The predicted octanol–water partition coefficient (Wildman–Crippen LogP) is 4.67. The monoisotopic (exact) mass is 250 g/mol. The number of hydrogen-bond acceptors (Lipinski definition) is 0. The van der Waals surface area contributed by atoms with Gasteiger partial charge in [-0.15, -0.1) is 0 Å². The molecular weight excluding hydrogens is 236 g/mol. The lowest BCUT2D eigenvalue weighted by Gasteiger charge is -2.13. The van der Waals surface area contributed by atoms with Gasteiger partial charge in [0.1, 0.15) is 0 Å². The van der Waals surface area contributed by atoms with Crippen molar-refractivity contribution in [3.63, 3.8) is 0 Å². The van der Waals surface area contributed by atoms with Crippen LogP contribution in [0, 0.1) is 6.92 Å². The van der Waals surface area contributed by atoms with Crippen LogP contribution in [0.1, 0.15) is 42.4 Å². The summed E-state index contributed by atoms with van der Waals surface area (Å²) in [5, 5.41) is 0. The third-order valence-corrected chi connectivity index (χ3v) is 3.94. The Morgan fingerprint density at radius 2 is 2.14 bits per heavy atom. The molecular formula is C13H15Br. The maximum atomic E-state index is 3.70. The van der Waals surface area contributed by atoms with Crippen molar-refractivity contribution in [2.24, 2.45) is 0 Å². The molecule has 0 aliphatic heterocycles. The van der Waals surface area contributed by atoms with Crippen LogP contribution >= 0.6 is 15.9 Å². The van der Waals surface area contributed by atoms with E-state index in [2.05, 4.69) is 54.1 Å². The molecule has 14 heavy (non-hydrogen) atoms. The van der Waals surface area contributed by atoms with E-state index in [4.69, 9.17) is 0 Å². The summed E-state index contributed by atoms with van der Waals surface area (Å²) in [6, 6.07) is 4.41. The Hall–Kier alpha value is -0.560. The van der Waals surface area contributed by atoms with Crippen molar-refractivity contribution in [3.8, 4) is 0 Å². The fourth-order valence-electron chi connectivity index (χ4n) is 2.11. The zero-order valence-electron chi connectivity index (χ0n) is 8.68. The van der Waals surface area contributed by atoms with E-state index < -0.39 is 0 Å². The van der Waals surface area contributed by atoms with E-state index in [1.807, 2.05) is 0 Å². The van der Waals surface area contributed by atoms with Gasteiger partial charge in [-0.05, 0) is 30.0 Å². The maximum Gasteiger partial charge on any atom is 0.0248 e. The van der Waals surface area contributed by atoms with Gasteiger partial charge in [-0.25, -0.2) is 0 Å². The number of hydrogen-bond donors (Lipinski definition) is 0. The van der Waals surface area contributed by atoms with Crippen LogP contribution < -0.4 is 0 Å². The fourth-order valence-corrected chi connectivity index (χ4v) is 2.76. The number of fused-ring (bicyclic) bond motifs is 1. The quantitative estimate of drug-likeness (QED) is 0.716. The molecule has 1 aromatic carbocycles. The van der Waals surface area contributed by atoms with E-state index in [1.165, 1.54) is 34.0 Å². The van der Waals surface area contributed by atoms with Crippen LogP contribution in [0.4, 0.5) is 0 Å². The summed E-state index contributed by atoms with van der Waals surface area (Å²) >= 11 is 3.70. The summed E-state index contributed by atoms with van der Waals surface area (Å²) in [5.74, 6) is 0.629. The van der Waals surface area contributed by atoms with Crippen LogP contribution in [-0.4, -0.2) is 0 Å². The van der Waals surface area contributed by atoms with Gasteiger partial charge < -0.3 is 0 Å². The van der Waals surface area contributed by atoms with Crippen LogP contribution in [0.25, 0.3) is 6.08 Å². The van der Waals surface area contributed by atoms with Crippen LogP contribution in [0.3, 0.4) is 0 Å². The van der Waals surface area contributed by atoms with Gasteiger partial charge in [0.25, 0.3) is 0 Å². The number of benzene rings is 1. The Balaban J connectivity index is 2.45. The van der Waals surface area contributed by atoms with Gasteiger partial charge in [-0.1, -0.05) is 53.6 Å². The molecule has 1 aliphatic rings. The molecule has 0 spiro atoms. The molecule has 1 unspecified atom stereocenters. The minimum Gasteiger partial charge on any atom is -0.0763 e. The fraction of sp³-hybridized carbons (Fsp3) is 0.385. The molecule has 1 aliphatic carbocycles. The van der Waals surface area contributed by atoms with E-state index >= 15 is 0 Å². The van der Waals surface area contributed by atoms with Crippen LogP contribution in [-0.2, 0) is 0 Å². The van der Waals surface area contributed by atoms with Gasteiger partial charge in [-0.2, -0.15) is 0 Å². The van der Waals surface area contributed by atoms with E-state index in [-0.39, 0.29) is 0 Å². The highest BCUT2D eigenvalue weighted by Gasteiger charge is 2.19. The average Bonchev–Trinajstić information content (AvgIpc) is 2.57. The Labute approximate surface area is 94.2 Å². The summed E-state index contributed by atoms with van der Waals surface area (Å²) < 4.78 is 1.30. The summed E-state index contributed by atoms with van der Waals surface area (Å²) in [6.45, 7) is 4.40. The maximum absolute atomic E-state index is 3.70. The van der Waals surface area contributed by atoms with Crippen LogP contribution in [0.2, 0.25) is 0 Å². The van der Waals surface area contributed by atoms with E-state index in [9.17, 15) is 0 Å². The van der Waals surface area contributed by atoms with Crippen molar-refractivity contribution in [1.29, 1.82) is 0 Å². The minimum atomic E-state index is 0.629. The minimum absolute atomic E-state index is 0.629. The highest BCUT2D eigenvalue weighted by Crippen LogP contribution is 2.39. The lowest BCUT2D eigenvalue weighted by Crippen LogP contribution is -1.95. The van der Waals surface area contributed by atoms with Crippen molar-refractivity contribution >= 4 is 22.0 Å². The SMILES string of the molecule is CCCC1C=Cc2ccc(C)c(Br)c21. The molecule has 0 nitrogen and oxygen atoms in total. The van der Waals surface area contributed by atoms with Gasteiger partial charge in [0, 0.05) is 10.4 Å². The molecule has 0 amide bonds. The van der Waals surface area contributed by atoms with Crippen LogP contribution in [0.15, 0.2) is 22.7 Å². The second-order valence-electron chi connectivity index (χ2n) is 3.95. The average molecular weight is 251 g/mol. The van der Waals surface area contributed by atoms with Crippen molar-refractivity contribution in [2.45, 2.75) is 32.6 Å². The lowest BCUT2D eigenvalue weighted by atomic mass is 9.95. The molecule has 1 heteroatoms. The Kier molecular flexibility index (Phi) is 2.78. The molecule has 0 saturated heterocycles.